The number of rotatable bonds is 6. The molecule has 0 unspecified atom stereocenters. The van der Waals surface area contributed by atoms with E-state index >= 15 is 0 Å². The molecule has 1 fully saturated rings. The predicted molar refractivity (Wildman–Crippen MR) is 61.8 cm³/mol. The molecular formula is C11H20N2O4. The fourth-order valence-electron chi connectivity index (χ4n) is 1.46. The molecule has 0 aromatic rings. The van der Waals surface area contributed by atoms with Crippen molar-refractivity contribution in [3.63, 3.8) is 0 Å². The Morgan fingerprint density at radius 2 is 2.12 bits per heavy atom. The third-order valence-electron chi connectivity index (χ3n) is 2.49. The highest BCUT2D eigenvalue weighted by Crippen LogP contribution is 2.14. The molecule has 0 bridgehead atoms. The zero-order valence-corrected chi connectivity index (χ0v) is 10.3. The monoisotopic (exact) mass is 244 g/mol. The average Bonchev–Trinajstić information content (AvgIpc) is 2.13. The molecule has 2 amide bonds. The van der Waals surface area contributed by atoms with Crippen LogP contribution in [0.4, 0.5) is 4.79 Å². The minimum atomic E-state index is -0.839. The van der Waals surface area contributed by atoms with Gasteiger partial charge in [0.1, 0.15) is 0 Å². The molecule has 98 valence electrons. The van der Waals surface area contributed by atoms with E-state index in [1.54, 1.807) is 0 Å². The first kappa shape index (κ1) is 13.8. The van der Waals surface area contributed by atoms with Gasteiger partial charge in [0.2, 0.25) is 0 Å². The number of hydrogen-bond acceptors (Lipinski definition) is 3. The molecule has 17 heavy (non-hydrogen) atoms. The van der Waals surface area contributed by atoms with E-state index in [4.69, 9.17) is 9.84 Å². The summed E-state index contributed by atoms with van der Waals surface area (Å²) in [5, 5.41) is 11.3. The molecule has 0 radical (unpaired) electrons. The topological polar surface area (TPSA) is 78.9 Å². The molecule has 1 saturated heterocycles. The molecule has 6 heteroatoms. The van der Waals surface area contributed by atoms with Crippen LogP contribution in [-0.2, 0) is 9.53 Å². The van der Waals surface area contributed by atoms with Crippen LogP contribution < -0.4 is 5.32 Å². The van der Waals surface area contributed by atoms with Crippen LogP contribution in [0.25, 0.3) is 0 Å². The molecule has 2 N–H and O–H groups in total. The molecule has 6 nitrogen and oxygen atoms in total. The maximum absolute atomic E-state index is 11.5. The van der Waals surface area contributed by atoms with Crippen LogP contribution in [0.2, 0.25) is 0 Å². The number of aliphatic carboxylic acids is 1. The lowest BCUT2D eigenvalue weighted by atomic mass is 10.0. The van der Waals surface area contributed by atoms with Gasteiger partial charge in [-0.25, -0.2) is 4.79 Å². The van der Waals surface area contributed by atoms with E-state index in [9.17, 15) is 9.59 Å². The third-order valence-corrected chi connectivity index (χ3v) is 2.49. The number of carboxylic acids is 1. The minimum absolute atomic E-state index is 0.212. The summed E-state index contributed by atoms with van der Waals surface area (Å²) in [5.41, 5.74) is 0. The molecule has 0 atom stereocenters. The highest BCUT2D eigenvalue weighted by atomic mass is 16.5. The van der Waals surface area contributed by atoms with Gasteiger partial charge in [0.05, 0.1) is 12.5 Å². The van der Waals surface area contributed by atoms with Gasteiger partial charge >= 0.3 is 12.0 Å². The second kappa shape index (κ2) is 6.44. The molecule has 0 saturated carbocycles. The molecule has 1 aliphatic heterocycles. The molecular weight excluding hydrogens is 224 g/mol. The van der Waals surface area contributed by atoms with Crippen molar-refractivity contribution < 1.29 is 19.4 Å². The summed E-state index contributed by atoms with van der Waals surface area (Å²) in [6.07, 6.45) is 0. The normalized spacial score (nSPS) is 15.8. The van der Waals surface area contributed by atoms with E-state index in [-0.39, 0.29) is 6.03 Å². The molecule has 0 aromatic carbocycles. The lowest BCUT2D eigenvalue weighted by Gasteiger charge is -2.36. The summed E-state index contributed by atoms with van der Waals surface area (Å²) in [6, 6.07) is -0.212. The van der Waals surface area contributed by atoms with Crippen molar-refractivity contribution in [2.45, 2.75) is 13.8 Å². The Hall–Kier alpha value is -1.30. The summed E-state index contributed by atoms with van der Waals surface area (Å²) in [7, 11) is 0. The summed E-state index contributed by atoms with van der Waals surface area (Å²) in [4.78, 5) is 23.5. The number of likely N-dealkylation sites (tertiary alicyclic amines) is 1. The van der Waals surface area contributed by atoms with Crippen LogP contribution in [0.3, 0.4) is 0 Å². The van der Waals surface area contributed by atoms with Crippen molar-refractivity contribution in [1.29, 1.82) is 0 Å². The van der Waals surface area contributed by atoms with Gasteiger partial charge in [-0.15, -0.1) is 0 Å². The number of ether oxygens (including phenoxy) is 1. The van der Waals surface area contributed by atoms with Crippen molar-refractivity contribution in [1.82, 2.24) is 10.2 Å². The summed E-state index contributed by atoms with van der Waals surface area (Å²) in [5.74, 6) is -0.760. The molecule has 1 rings (SSSR count). The summed E-state index contributed by atoms with van der Waals surface area (Å²) < 4.78 is 5.31. The number of carboxylic acid groups (broad SMARTS) is 1. The number of hydrogen-bond donors (Lipinski definition) is 2. The van der Waals surface area contributed by atoms with E-state index in [1.165, 1.54) is 4.90 Å². The average molecular weight is 244 g/mol. The number of nitrogens with zero attached hydrogens (tertiary/aromatic N) is 1. The van der Waals surface area contributed by atoms with Crippen molar-refractivity contribution in [2.24, 2.45) is 11.8 Å². The van der Waals surface area contributed by atoms with Crippen molar-refractivity contribution in [2.75, 3.05) is 32.8 Å². The number of carbonyl (C=O) groups excluding carboxylic acids is 1. The van der Waals surface area contributed by atoms with Gasteiger partial charge in [0.25, 0.3) is 0 Å². The van der Waals surface area contributed by atoms with E-state index in [1.807, 2.05) is 0 Å². The van der Waals surface area contributed by atoms with Crippen LogP contribution in [0.15, 0.2) is 0 Å². The van der Waals surface area contributed by atoms with Gasteiger partial charge in [-0.3, -0.25) is 4.79 Å². The second-order valence-electron chi connectivity index (χ2n) is 4.64. The highest BCUT2D eigenvalue weighted by molar-refractivity contribution is 5.79. The fourth-order valence-corrected chi connectivity index (χ4v) is 1.46. The van der Waals surface area contributed by atoms with Gasteiger partial charge in [-0.2, -0.15) is 0 Å². The molecule has 0 aromatic heterocycles. The van der Waals surface area contributed by atoms with Crippen LogP contribution in [0, 0.1) is 11.8 Å². The fraction of sp³-hybridized carbons (Fsp3) is 0.818. The minimum Gasteiger partial charge on any atom is -0.481 e. The SMILES string of the molecule is CC(C)COCCNC(=O)N1CC(C(=O)O)C1. The number of carbonyl (C=O) groups is 2. The zero-order chi connectivity index (χ0) is 12.8. The lowest BCUT2D eigenvalue weighted by Crippen LogP contribution is -2.56. The molecule has 1 aliphatic rings. The number of amides is 2. The van der Waals surface area contributed by atoms with E-state index in [0.717, 1.165) is 0 Å². The van der Waals surface area contributed by atoms with Gasteiger partial charge < -0.3 is 20.1 Å². The first-order valence-electron chi connectivity index (χ1n) is 5.84. The smallest absolute Gasteiger partial charge is 0.317 e. The Kier molecular flexibility index (Phi) is 5.21. The van der Waals surface area contributed by atoms with E-state index < -0.39 is 11.9 Å². The Balaban J connectivity index is 2.01. The first-order valence-corrected chi connectivity index (χ1v) is 5.84. The number of urea groups is 1. The summed E-state index contributed by atoms with van der Waals surface area (Å²) >= 11 is 0. The second-order valence-corrected chi connectivity index (χ2v) is 4.64. The summed E-state index contributed by atoms with van der Waals surface area (Å²) in [6.45, 7) is 6.35. The highest BCUT2D eigenvalue weighted by Gasteiger charge is 2.35. The predicted octanol–water partition coefficient (Wildman–Crippen LogP) is 0.385. The molecule has 0 spiro atoms. The van der Waals surface area contributed by atoms with Crippen molar-refractivity contribution in [3.8, 4) is 0 Å². The van der Waals surface area contributed by atoms with Crippen LogP contribution in [-0.4, -0.2) is 54.9 Å². The number of nitrogens with one attached hydrogen (secondary N) is 1. The Bertz CT molecular complexity index is 275. The largest absolute Gasteiger partial charge is 0.481 e. The van der Waals surface area contributed by atoms with E-state index in [2.05, 4.69) is 19.2 Å². The van der Waals surface area contributed by atoms with Crippen LogP contribution in [0.1, 0.15) is 13.8 Å². The zero-order valence-electron chi connectivity index (χ0n) is 10.3. The van der Waals surface area contributed by atoms with Gasteiger partial charge in [-0.05, 0) is 5.92 Å². The quantitative estimate of drug-likeness (QED) is 0.662. The van der Waals surface area contributed by atoms with Gasteiger partial charge in [-0.1, -0.05) is 13.8 Å². The first-order chi connectivity index (χ1) is 8.00. The molecule has 0 aliphatic carbocycles. The standard InChI is InChI=1S/C11H20N2O4/c1-8(2)7-17-4-3-12-11(16)13-5-9(6-13)10(14)15/h8-9H,3-7H2,1-2H3,(H,12,16)(H,14,15). The Labute approximate surface area is 101 Å². The molecule has 1 heterocycles. The Morgan fingerprint density at radius 1 is 1.47 bits per heavy atom. The van der Waals surface area contributed by atoms with E-state index in [0.29, 0.717) is 38.8 Å². The van der Waals surface area contributed by atoms with Crippen molar-refractivity contribution >= 4 is 12.0 Å². The lowest BCUT2D eigenvalue weighted by molar-refractivity contribution is -0.146. The van der Waals surface area contributed by atoms with Crippen LogP contribution in [0.5, 0.6) is 0 Å². The van der Waals surface area contributed by atoms with Gasteiger partial charge in [0, 0.05) is 26.2 Å². The van der Waals surface area contributed by atoms with Crippen molar-refractivity contribution in [3.05, 3.63) is 0 Å². The van der Waals surface area contributed by atoms with Crippen LogP contribution >= 0.6 is 0 Å². The third kappa shape index (κ3) is 4.60. The Morgan fingerprint density at radius 3 is 2.65 bits per heavy atom. The maximum atomic E-state index is 11.5. The van der Waals surface area contributed by atoms with Gasteiger partial charge in [0.15, 0.2) is 0 Å². The maximum Gasteiger partial charge on any atom is 0.317 e.